The fourth-order valence-electron chi connectivity index (χ4n) is 5.63. The highest BCUT2D eigenvalue weighted by molar-refractivity contribution is 5.33. The zero-order chi connectivity index (χ0) is 27.1. The summed E-state index contributed by atoms with van der Waals surface area (Å²) in [4.78, 5) is 0. The van der Waals surface area contributed by atoms with E-state index in [1.54, 1.807) is 0 Å². The molecule has 1 heterocycles. The molecule has 2 saturated carbocycles. The summed E-state index contributed by atoms with van der Waals surface area (Å²) in [5.74, 6) is -1.22. The van der Waals surface area contributed by atoms with Crippen LogP contribution >= 0.6 is 0 Å². The van der Waals surface area contributed by atoms with Gasteiger partial charge in [-0.1, -0.05) is 19.1 Å². The maximum absolute atomic E-state index is 14.8. The van der Waals surface area contributed by atoms with Crippen molar-refractivity contribution >= 4 is 0 Å². The molecule has 38 heavy (non-hydrogen) atoms. The molecular weight excluding hydrogens is 507 g/mol. The van der Waals surface area contributed by atoms with Crippen LogP contribution in [0.15, 0.2) is 42.7 Å². The third-order valence-corrected chi connectivity index (χ3v) is 8.11. The summed E-state index contributed by atoms with van der Waals surface area (Å²) in [6.07, 6.45) is 6.13. The average molecular weight is 545 g/mol. The van der Waals surface area contributed by atoms with Crippen molar-refractivity contribution in [2.75, 3.05) is 13.2 Å². The van der Waals surface area contributed by atoms with Crippen LogP contribution in [0.4, 0.5) is 22.0 Å². The number of hydrogen-bond acceptors (Lipinski definition) is 4. The molecule has 0 atom stereocenters. The van der Waals surface area contributed by atoms with Gasteiger partial charge in [0.2, 0.25) is 0 Å². The van der Waals surface area contributed by atoms with Gasteiger partial charge in [0.1, 0.15) is 5.75 Å². The summed E-state index contributed by atoms with van der Waals surface area (Å²) < 4.78 is 89.0. The van der Waals surface area contributed by atoms with Crippen LogP contribution in [0, 0.1) is 35.4 Å². The van der Waals surface area contributed by atoms with Gasteiger partial charge < -0.3 is 18.9 Å². The number of halogens is 5. The molecule has 0 N–H and O–H groups in total. The van der Waals surface area contributed by atoms with E-state index >= 15 is 0 Å². The topological polar surface area (TPSA) is 36.9 Å². The van der Waals surface area contributed by atoms with E-state index < -0.39 is 29.7 Å². The number of ether oxygens (including phenoxy) is 4. The van der Waals surface area contributed by atoms with E-state index in [1.165, 1.54) is 0 Å². The molecule has 1 aliphatic heterocycles. The zero-order valence-electron chi connectivity index (χ0n) is 21.7. The minimum Gasteiger partial charge on any atom is -0.456 e. The van der Waals surface area contributed by atoms with E-state index in [-0.39, 0.29) is 24.2 Å². The number of benzene rings is 1. The van der Waals surface area contributed by atoms with E-state index in [0.29, 0.717) is 49.5 Å². The first kappa shape index (κ1) is 28.9. The highest BCUT2D eigenvalue weighted by Gasteiger charge is 2.44. The number of hydrogen-bond donors (Lipinski definition) is 0. The van der Waals surface area contributed by atoms with Crippen LogP contribution in [0.3, 0.4) is 0 Å². The Labute approximate surface area is 221 Å². The van der Waals surface area contributed by atoms with Crippen molar-refractivity contribution in [1.29, 1.82) is 0 Å². The quantitative estimate of drug-likeness (QED) is 0.178. The average Bonchev–Trinajstić information content (AvgIpc) is 2.92. The standard InChI is InChI=1S/C29H37F5O4/c1-2-19-16-36-28(37-17-19)22-9-5-20(6-10-22)3-4-21-7-11-23(12-8-21)29(33,34)38-24-13-14-26(25(30)15-24)35-18-27(31)32/h3-4,13-15,18-23,28H,2,5-12,16-17H2,1H3. The highest BCUT2D eigenvalue weighted by atomic mass is 19.3. The van der Waals surface area contributed by atoms with Crippen molar-refractivity contribution < 1.29 is 40.9 Å². The van der Waals surface area contributed by atoms with Crippen LogP contribution in [-0.2, 0) is 9.47 Å². The summed E-state index contributed by atoms with van der Waals surface area (Å²) in [6, 6.07) is 2.77. The van der Waals surface area contributed by atoms with Gasteiger partial charge in [-0.3, -0.25) is 0 Å². The second-order valence-corrected chi connectivity index (χ2v) is 10.8. The Morgan fingerprint density at radius 1 is 0.947 bits per heavy atom. The lowest BCUT2D eigenvalue weighted by Gasteiger charge is -2.37. The monoisotopic (exact) mass is 544 g/mol. The lowest BCUT2D eigenvalue weighted by atomic mass is 9.78. The summed E-state index contributed by atoms with van der Waals surface area (Å²) in [5, 5.41) is 0. The molecule has 4 rings (SSSR count). The van der Waals surface area contributed by atoms with Crippen molar-refractivity contribution in [3.8, 4) is 11.5 Å². The Bertz CT molecular complexity index is 940. The number of alkyl halides is 2. The van der Waals surface area contributed by atoms with E-state index in [9.17, 15) is 22.0 Å². The minimum atomic E-state index is -3.47. The SMILES string of the molecule is CCC1COC(C2CCC(C=CC3CCC(C(F)(F)Oc4ccc(OC=C(F)F)c(F)c4)CC3)CC2)OC1. The lowest BCUT2D eigenvalue weighted by molar-refractivity contribution is -0.229. The smallest absolute Gasteiger partial charge is 0.400 e. The fraction of sp³-hybridized carbons (Fsp3) is 0.655. The van der Waals surface area contributed by atoms with Gasteiger partial charge >= 0.3 is 12.2 Å². The second kappa shape index (κ2) is 13.3. The van der Waals surface area contributed by atoms with Crippen molar-refractivity contribution in [3.05, 3.63) is 48.5 Å². The molecule has 0 amide bonds. The minimum absolute atomic E-state index is 0.0762. The van der Waals surface area contributed by atoms with E-state index in [1.807, 2.05) is 0 Å². The first-order valence-electron chi connectivity index (χ1n) is 13.7. The Kier molecular flexibility index (Phi) is 10.1. The van der Waals surface area contributed by atoms with Crippen LogP contribution in [0.1, 0.15) is 64.7 Å². The van der Waals surface area contributed by atoms with Gasteiger partial charge in [0.25, 0.3) is 0 Å². The molecule has 1 aromatic rings. The van der Waals surface area contributed by atoms with Gasteiger partial charge in [-0.25, -0.2) is 4.39 Å². The molecule has 0 unspecified atom stereocenters. The molecule has 0 aromatic heterocycles. The molecule has 1 aromatic carbocycles. The Balaban J connectivity index is 1.19. The molecule has 0 bridgehead atoms. The molecule has 3 aliphatic rings. The van der Waals surface area contributed by atoms with Gasteiger partial charge in [0.05, 0.1) is 19.1 Å². The third kappa shape index (κ3) is 7.94. The predicted octanol–water partition coefficient (Wildman–Crippen LogP) is 8.48. The van der Waals surface area contributed by atoms with E-state index in [0.717, 1.165) is 57.5 Å². The Morgan fingerprint density at radius 3 is 2.11 bits per heavy atom. The predicted molar refractivity (Wildman–Crippen MR) is 132 cm³/mol. The van der Waals surface area contributed by atoms with Crippen LogP contribution in [0.5, 0.6) is 11.5 Å². The van der Waals surface area contributed by atoms with Gasteiger partial charge in [-0.05, 0) is 81.8 Å². The van der Waals surface area contributed by atoms with Crippen molar-refractivity contribution in [2.45, 2.75) is 77.1 Å². The van der Waals surface area contributed by atoms with Gasteiger partial charge in [0, 0.05) is 17.9 Å². The molecule has 0 spiro atoms. The van der Waals surface area contributed by atoms with Gasteiger partial charge in [-0.15, -0.1) is 0 Å². The zero-order valence-corrected chi connectivity index (χ0v) is 21.7. The van der Waals surface area contributed by atoms with Crippen LogP contribution in [0.2, 0.25) is 0 Å². The molecule has 1 saturated heterocycles. The fourth-order valence-corrected chi connectivity index (χ4v) is 5.63. The van der Waals surface area contributed by atoms with Crippen LogP contribution < -0.4 is 9.47 Å². The normalized spacial score (nSPS) is 30.7. The molecule has 212 valence electrons. The molecule has 9 heteroatoms. The van der Waals surface area contributed by atoms with E-state index in [4.69, 9.17) is 14.2 Å². The van der Waals surface area contributed by atoms with Crippen molar-refractivity contribution in [3.63, 3.8) is 0 Å². The molecular formula is C29H37F5O4. The first-order valence-corrected chi connectivity index (χ1v) is 13.7. The molecule has 4 nitrogen and oxygen atoms in total. The largest absolute Gasteiger partial charge is 0.456 e. The van der Waals surface area contributed by atoms with Crippen molar-refractivity contribution in [1.82, 2.24) is 0 Å². The van der Waals surface area contributed by atoms with E-state index in [2.05, 4.69) is 23.8 Å². The summed E-state index contributed by atoms with van der Waals surface area (Å²) in [7, 11) is 0. The number of rotatable bonds is 9. The summed E-state index contributed by atoms with van der Waals surface area (Å²) in [6.45, 7) is 3.73. The number of allylic oxidation sites excluding steroid dienone is 2. The lowest BCUT2D eigenvalue weighted by Crippen LogP contribution is -2.38. The van der Waals surface area contributed by atoms with Crippen LogP contribution in [-0.4, -0.2) is 25.6 Å². The maximum atomic E-state index is 14.8. The Morgan fingerprint density at radius 2 is 1.55 bits per heavy atom. The van der Waals surface area contributed by atoms with Crippen molar-refractivity contribution in [2.24, 2.45) is 29.6 Å². The second-order valence-electron chi connectivity index (χ2n) is 10.8. The maximum Gasteiger partial charge on any atom is 0.400 e. The van der Waals surface area contributed by atoms with Crippen LogP contribution in [0.25, 0.3) is 0 Å². The van der Waals surface area contributed by atoms with Gasteiger partial charge in [0.15, 0.2) is 24.1 Å². The summed E-state index contributed by atoms with van der Waals surface area (Å²) >= 11 is 0. The highest BCUT2D eigenvalue weighted by Crippen LogP contribution is 2.41. The molecule has 0 radical (unpaired) electrons. The molecule has 2 aliphatic carbocycles. The summed E-state index contributed by atoms with van der Waals surface area (Å²) in [5.41, 5.74) is 0. The molecule has 3 fully saturated rings. The Hall–Kier alpha value is -2.13. The first-order chi connectivity index (χ1) is 18.2. The third-order valence-electron chi connectivity index (χ3n) is 8.11. The van der Waals surface area contributed by atoms with Gasteiger partial charge in [-0.2, -0.15) is 17.6 Å².